The molecule has 0 saturated heterocycles. The molecule has 18 heavy (non-hydrogen) atoms. The van der Waals surface area contributed by atoms with Crippen molar-refractivity contribution in [3.05, 3.63) is 41.7 Å². The topological polar surface area (TPSA) is 39.1 Å². The van der Waals surface area contributed by atoms with Crippen molar-refractivity contribution in [2.75, 3.05) is 13.7 Å². The lowest BCUT2D eigenvalue weighted by Gasteiger charge is -2.16. The van der Waals surface area contributed by atoms with Gasteiger partial charge in [0.15, 0.2) is 0 Å². The van der Waals surface area contributed by atoms with E-state index in [0.717, 1.165) is 30.9 Å². The molecule has 0 atom stereocenters. The van der Waals surface area contributed by atoms with Crippen molar-refractivity contribution >= 4 is 0 Å². The molecule has 4 nitrogen and oxygen atoms in total. The molecule has 1 N–H and O–H groups in total. The molecule has 1 aromatic carbocycles. The third kappa shape index (κ3) is 1.76. The maximum atomic E-state index is 13.2. The molecule has 3 rings (SSSR count). The summed E-state index contributed by atoms with van der Waals surface area (Å²) in [6, 6.07) is 4.55. The van der Waals surface area contributed by atoms with Crippen molar-refractivity contribution in [2.45, 2.75) is 13.0 Å². The smallest absolute Gasteiger partial charge is 0.145 e. The van der Waals surface area contributed by atoms with E-state index in [1.807, 2.05) is 4.57 Å². The van der Waals surface area contributed by atoms with Crippen molar-refractivity contribution in [1.29, 1.82) is 0 Å². The van der Waals surface area contributed by atoms with Gasteiger partial charge in [-0.2, -0.15) is 0 Å². The first kappa shape index (κ1) is 11.2. The third-order valence-electron chi connectivity index (χ3n) is 3.19. The number of benzene rings is 1. The molecular formula is C13H14FN3O. The number of nitrogens with zero attached hydrogens (tertiary/aromatic N) is 2. The van der Waals surface area contributed by atoms with E-state index in [-0.39, 0.29) is 5.82 Å². The molecule has 0 saturated carbocycles. The van der Waals surface area contributed by atoms with Crippen LogP contribution in [-0.2, 0) is 13.0 Å². The van der Waals surface area contributed by atoms with Crippen molar-refractivity contribution in [1.82, 2.24) is 14.9 Å². The molecule has 5 heteroatoms. The van der Waals surface area contributed by atoms with Crippen LogP contribution in [0.4, 0.5) is 4.39 Å². The van der Waals surface area contributed by atoms with E-state index >= 15 is 0 Å². The Balaban J connectivity index is 2.12. The van der Waals surface area contributed by atoms with Gasteiger partial charge in [-0.1, -0.05) is 0 Å². The second-order valence-electron chi connectivity index (χ2n) is 4.25. The molecule has 94 valence electrons. The zero-order valence-electron chi connectivity index (χ0n) is 10.1. The van der Waals surface area contributed by atoms with Crippen molar-refractivity contribution in [3.63, 3.8) is 0 Å². The minimum Gasteiger partial charge on any atom is -0.494 e. The van der Waals surface area contributed by atoms with Gasteiger partial charge in [0, 0.05) is 31.3 Å². The maximum absolute atomic E-state index is 13.2. The first-order valence-corrected chi connectivity index (χ1v) is 5.89. The number of halogens is 1. The Morgan fingerprint density at radius 2 is 2.33 bits per heavy atom. The summed E-state index contributed by atoms with van der Waals surface area (Å²) >= 11 is 0. The van der Waals surface area contributed by atoms with Gasteiger partial charge in [-0.25, -0.2) is 9.37 Å². The lowest BCUT2D eigenvalue weighted by atomic mass is 10.1. The Labute approximate surface area is 104 Å². The Bertz CT molecular complexity index is 580. The normalized spacial score (nSPS) is 14.3. The highest BCUT2D eigenvalue weighted by atomic mass is 19.1. The largest absolute Gasteiger partial charge is 0.494 e. The SMILES string of the molecule is COc1cc(F)ccc1-n1cnc2c1CCNC2. The summed E-state index contributed by atoms with van der Waals surface area (Å²) in [5.41, 5.74) is 3.04. The summed E-state index contributed by atoms with van der Waals surface area (Å²) in [5.74, 6) is 0.222. The van der Waals surface area contributed by atoms with Crippen molar-refractivity contribution < 1.29 is 9.13 Å². The quantitative estimate of drug-likeness (QED) is 0.877. The van der Waals surface area contributed by atoms with Crippen LogP contribution < -0.4 is 10.1 Å². The molecule has 1 aliphatic rings. The van der Waals surface area contributed by atoms with Gasteiger partial charge in [-0.05, 0) is 12.1 Å². The Hall–Kier alpha value is -1.88. The average Bonchev–Trinajstić information content (AvgIpc) is 2.82. The summed E-state index contributed by atoms with van der Waals surface area (Å²) in [5, 5.41) is 3.28. The molecule has 0 aliphatic carbocycles. The fourth-order valence-electron chi connectivity index (χ4n) is 2.29. The molecule has 0 bridgehead atoms. The zero-order valence-corrected chi connectivity index (χ0v) is 10.1. The molecule has 2 heterocycles. The fraction of sp³-hybridized carbons (Fsp3) is 0.308. The number of nitrogens with one attached hydrogen (secondary N) is 1. The number of imidazole rings is 1. The monoisotopic (exact) mass is 247 g/mol. The van der Waals surface area contributed by atoms with Gasteiger partial charge in [-0.3, -0.25) is 4.57 Å². The van der Waals surface area contributed by atoms with Crippen LogP contribution >= 0.6 is 0 Å². The highest BCUT2D eigenvalue weighted by molar-refractivity contribution is 5.48. The number of hydrogen-bond acceptors (Lipinski definition) is 3. The van der Waals surface area contributed by atoms with Gasteiger partial charge >= 0.3 is 0 Å². The summed E-state index contributed by atoms with van der Waals surface area (Å²) in [6.45, 7) is 1.72. The molecular weight excluding hydrogens is 233 g/mol. The van der Waals surface area contributed by atoms with Crippen LogP contribution in [-0.4, -0.2) is 23.2 Å². The molecule has 1 aliphatic heterocycles. The van der Waals surface area contributed by atoms with Crippen LogP contribution in [0, 0.1) is 5.82 Å². The molecule has 0 amide bonds. The van der Waals surface area contributed by atoms with Gasteiger partial charge < -0.3 is 10.1 Å². The van der Waals surface area contributed by atoms with E-state index in [1.54, 1.807) is 19.5 Å². The highest BCUT2D eigenvalue weighted by Crippen LogP contribution is 2.26. The van der Waals surface area contributed by atoms with Crippen LogP contribution in [0.1, 0.15) is 11.4 Å². The van der Waals surface area contributed by atoms with Crippen LogP contribution in [0.5, 0.6) is 5.75 Å². The minimum atomic E-state index is -0.300. The van der Waals surface area contributed by atoms with E-state index in [0.29, 0.717) is 5.75 Å². The van der Waals surface area contributed by atoms with E-state index in [2.05, 4.69) is 10.3 Å². The molecule has 1 aromatic heterocycles. The first-order chi connectivity index (χ1) is 8.79. The molecule has 0 spiro atoms. The summed E-state index contributed by atoms with van der Waals surface area (Å²) < 4.78 is 20.4. The molecule has 0 fully saturated rings. The van der Waals surface area contributed by atoms with Gasteiger partial charge in [-0.15, -0.1) is 0 Å². The Kier molecular flexibility index (Phi) is 2.76. The van der Waals surface area contributed by atoms with Crippen molar-refractivity contribution in [2.24, 2.45) is 0 Å². The number of ether oxygens (including phenoxy) is 1. The van der Waals surface area contributed by atoms with E-state index in [1.165, 1.54) is 17.8 Å². The van der Waals surface area contributed by atoms with E-state index < -0.39 is 0 Å². The van der Waals surface area contributed by atoms with E-state index in [4.69, 9.17) is 4.74 Å². The average molecular weight is 247 g/mol. The van der Waals surface area contributed by atoms with Crippen LogP contribution in [0.25, 0.3) is 5.69 Å². The van der Waals surface area contributed by atoms with E-state index in [9.17, 15) is 4.39 Å². The summed E-state index contributed by atoms with van der Waals surface area (Å²) in [6.07, 6.45) is 2.68. The standard InChI is InChI=1S/C13H14FN3O/c1-18-13-6-9(14)2-3-12(13)17-8-16-10-7-15-5-4-11(10)17/h2-3,6,8,15H,4-5,7H2,1H3. The second kappa shape index (κ2) is 4.42. The third-order valence-corrected chi connectivity index (χ3v) is 3.19. The molecule has 0 radical (unpaired) electrons. The lowest BCUT2D eigenvalue weighted by Crippen LogP contribution is -2.24. The summed E-state index contributed by atoms with van der Waals surface area (Å²) in [4.78, 5) is 4.38. The Morgan fingerprint density at radius 1 is 1.44 bits per heavy atom. The molecule has 0 unspecified atom stereocenters. The maximum Gasteiger partial charge on any atom is 0.145 e. The number of hydrogen-bond donors (Lipinski definition) is 1. The predicted octanol–water partition coefficient (Wildman–Crippen LogP) is 1.67. The number of methoxy groups -OCH3 is 1. The van der Waals surface area contributed by atoms with Crippen molar-refractivity contribution in [3.8, 4) is 11.4 Å². The number of aromatic nitrogens is 2. The number of fused-ring (bicyclic) bond motifs is 1. The van der Waals surface area contributed by atoms with Crippen LogP contribution in [0.2, 0.25) is 0 Å². The zero-order chi connectivity index (χ0) is 12.5. The minimum absolute atomic E-state index is 0.300. The van der Waals surface area contributed by atoms with Crippen LogP contribution in [0.15, 0.2) is 24.5 Å². The number of rotatable bonds is 2. The summed E-state index contributed by atoms with van der Waals surface area (Å²) in [7, 11) is 1.54. The lowest BCUT2D eigenvalue weighted by molar-refractivity contribution is 0.409. The van der Waals surface area contributed by atoms with Gasteiger partial charge in [0.2, 0.25) is 0 Å². The molecule has 2 aromatic rings. The van der Waals surface area contributed by atoms with Gasteiger partial charge in [0.25, 0.3) is 0 Å². The first-order valence-electron chi connectivity index (χ1n) is 5.89. The van der Waals surface area contributed by atoms with Gasteiger partial charge in [0.05, 0.1) is 24.8 Å². The second-order valence-corrected chi connectivity index (χ2v) is 4.25. The Morgan fingerprint density at radius 3 is 3.17 bits per heavy atom. The highest BCUT2D eigenvalue weighted by Gasteiger charge is 2.17. The van der Waals surface area contributed by atoms with Crippen LogP contribution in [0.3, 0.4) is 0 Å². The van der Waals surface area contributed by atoms with Gasteiger partial charge in [0.1, 0.15) is 11.6 Å². The predicted molar refractivity (Wildman–Crippen MR) is 65.5 cm³/mol. The fourth-order valence-corrected chi connectivity index (χ4v) is 2.29.